The SMILES string of the molecule is CNC1(C(=O)c2ncnn2C)CCCC1. The molecule has 5 nitrogen and oxygen atoms in total. The van der Waals surface area contributed by atoms with E-state index < -0.39 is 5.54 Å². The number of aryl methyl sites for hydroxylation is 1. The van der Waals surface area contributed by atoms with Crippen molar-refractivity contribution in [2.45, 2.75) is 31.2 Å². The predicted molar refractivity (Wildman–Crippen MR) is 55.6 cm³/mol. The number of rotatable bonds is 3. The first-order valence-corrected chi connectivity index (χ1v) is 5.27. The molecule has 1 fully saturated rings. The van der Waals surface area contributed by atoms with E-state index in [1.165, 1.54) is 6.33 Å². The Morgan fingerprint density at radius 1 is 1.53 bits per heavy atom. The van der Waals surface area contributed by atoms with E-state index in [0.717, 1.165) is 25.7 Å². The van der Waals surface area contributed by atoms with Crippen LogP contribution in [-0.4, -0.2) is 33.1 Å². The highest BCUT2D eigenvalue weighted by Gasteiger charge is 2.41. The van der Waals surface area contributed by atoms with Gasteiger partial charge < -0.3 is 5.32 Å². The number of nitrogens with zero attached hydrogens (tertiary/aromatic N) is 3. The molecule has 0 atom stereocenters. The quantitative estimate of drug-likeness (QED) is 0.736. The lowest BCUT2D eigenvalue weighted by Gasteiger charge is -2.25. The van der Waals surface area contributed by atoms with E-state index >= 15 is 0 Å². The van der Waals surface area contributed by atoms with Crippen LogP contribution in [0.4, 0.5) is 0 Å². The number of Topliss-reactive ketones (excluding diaryl/α,β-unsaturated/α-hetero) is 1. The molecule has 1 aliphatic rings. The molecule has 0 amide bonds. The van der Waals surface area contributed by atoms with E-state index in [2.05, 4.69) is 15.4 Å². The van der Waals surface area contributed by atoms with Crippen LogP contribution in [0.1, 0.15) is 36.3 Å². The van der Waals surface area contributed by atoms with E-state index in [4.69, 9.17) is 0 Å². The molecule has 1 aromatic rings. The van der Waals surface area contributed by atoms with Crippen LogP contribution in [0.3, 0.4) is 0 Å². The van der Waals surface area contributed by atoms with Crippen LogP contribution in [0.2, 0.25) is 0 Å². The summed E-state index contributed by atoms with van der Waals surface area (Å²) in [5.41, 5.74) is -0.402. The van der Waals surface area contributed by atoms with E-state index in [-0.39, 0.29) is 5.78 Å². The van der Waals surface area contributed by atoms with Gasteiger partial charge in [-0.15, -0.1) is 0 Å². The first kappa shape index (κ1) is 10.3. The van der Waals surface area contributed by atoms with Crippen molar-refractivity contribution in [3.8, 4) is 0 Å². The monoisotopic (exact) mass is 208 g/mol. The summed E-state index contributed by atoms with van der Waals surface area (Å²) in [5, 5.41) is 7.09. The minimum Gasteiger partial charge on any atom is -0.308 e. The topological polar surface area (TPSA) is 59.8 Å². The van der Waals surface area contributed by atoms with Gasteiger partial charge >= 0.3 is 0 Å². The zero-order chi connectivity index (χ0) is 10.9. The van der Waals surface area contributed by atoms with Gasteiger partial charge in [-0.05, 0) is 19.9 Å². The van der Waals surface area contributed by atoms with Crippen molar-refractivity contribution in [3.05, 3.63) is 12.2 Å². The lowest BCUT2D eigenvalue weighted by atomic mass is 9.91. The second kappa shape index (κ2) is 3.73. The number of carbonyl (C=O) groups excluding carboxylic acids is 1. The fourth-order valence-electron chi connectivity index (χ4n) is 2.28. The maximum absolute atomic E-state index is 12.3. The Kier molecular flexibility index (Phi) is 2.56. The highest BCUT2D eigenvalue weighted by molar-refractivity contribution is 6.00. The molecule has 5 heteroatoms. The number of aromatic nitrogens is 3. The molecule has 0 unspecified atom stereocenters. The second-order valence-corrected chi connectivity index (χ2v) is 4.08. The fraction of sp³-hybridized carbons (Fsp3) is 0.700. The van der Waals surface area contributed by atoms with E-state index in [0.29, 0.717) is 5.82 Å². The number of nitrogens with one attached hydrogen (secondary N) is 1. The molecule has 0 aliphatic heterocycles. The van der Waals surface area contributed by atoms with Crippen LogP contribution in [0.25, 0.3) is 0 Å². The molecule has 1 N–H and O–H groups in total. The van der Waals surface area contributed by atoms with Crippen molar-refractivity contribution >= 4 is 5.78 Å². The van der Waals surface area contributed by atoms with Crippen LogP contribution < -0.4 is 5.32 Å². The first-order chi connectivity index (χ1) is 7.19. The van der Waals surface area contributed by atoms with Gasteiger partial charge in [0.05, 0.1) is 5.54 Å². The zero-order valence-corrected chi connectivity index (χ0v) is 9.16. The molecule has 15 heavy (non-hydrogen) atoms. The molecule has 0 radical (unpaired) electrons. The Morgan fingerprint density at radius 2 is 2.20 bits per heavy atom. The minimum atomic E-state index is -0.402. The standard InChI is InChI=1S/C10H16N4O/c1-11-10(5-3-4-6-10)8(15)9-12-7-13-14(9)2/h7,11H,3-6H2,1-2H3. The minimum absolute atomic E-state index is 0.0718. The molecule has 0 spiro atoms. The first-order valence-electron chi connectivity index (χ1n) is 5.27. The lowest BCUT2D eigenvalue weighted by Crippen LogP contribution is -2.48. The Hall–Kier alpha value is -1.23. The van der Waals surface area contributed by atoms with E-state index in [1.54, 1.807) is 11.7 Å². The Labute approximate surface area is 88.9 Å². The zero-order valence-electron chi connectivity index (χ0n) is 9.16. The molecule has 2 rings (SSSR count). The summed E-state index contributed by atoms with van der Waals surface area (Å²) in [4.78, 5) is 16.3. The summed E-state index contributed by atoms with van der Waals surface area (Å²) in [7, 11) is 3.60. The smallest absolute Gasteiger partial charge is 0.219 e. The fourth-order valence-corrected chi connectivity index (χ4v) is 2.28. The normalized spacial score (nSPS) is 19.3. The molecule has 0 bridgehead atoms. The highest BCUT2D eigenvalue weighted by atomic mass is 16.1. The average Bonchev–Trinajstić information content (AvgIpc) is 2.86. The summed E-state index contributed by atoms with van der Waals surface area (Å²) < 4.78 is 1.54. The van der Waals surface area contributed by atoms with Crippen molar-refractivity contribution in [2.24, 2.45) is 7.05 Å². The molecular formula is C10H16N4O. The van der Waals surface area contributed by atoms with Gasteiger partial charge in [0.15, 0.2) is 5.82 Å². The Balaban J connectivity index is 2.30. The van der Waals surface area contributed by atoms with Crippen molar-refractivity contribution in [1.29, 1.82) is 0 Å². The number of hydrogen-bond acceptors (Lipinski definition) is 4. The molecule has 1 aromatic heterocycles. The second-order valence-electron chi connectivity index (χ2n) is 4.08. The van der Waals surface area contributed by atoms with Gasteiger partial charge in [-0.3, -0.25) is 4.79 Å². The van der Waals surface area contributed by atoms with Crippen LogP contribution in [-0.2, 0) is 7.05 Å². The van der Waals surface area contributed by atoms with Crippen molar-refractivity contribution in [2.75, 3.05) is 7.05 Å². The molecule has 0 saturated heterocycles. The van der Waals surface area contributed by atoms with Crippen LogP contribution in [0, 0.1) is 0 Å². The third-order valence-corrected chi connectivity index (χ3v) is 3.28. The van der Waals surface area contributed by atoms with Gasteiger partial charge in [0.1, 0.15) is 6.33 Å². The van der Waals surface area contributed by atoms with Crippen LogP contribution in [0.5, 0.6) is 0 Å². The summed E-state index contributed by atoms with van der Waals surface area (Å²) >= 11 is 0. The summed E-state index contributed by atoms with van der Waals surface area (Å²) in [5.74, 6) is 0.522. The van der Waals surface area contributed by atoms with Crippen LogP contribution >= 0.6 is 0 Å². The molecule has 82 valence electrons. The molecule has 1 heterocycles. The summed E-state index contributed by atoms with van der Waals surface area (Å²) in [6.45, 7) is 0. The van der Waals surface area contributed by atoms with Gasteiger partial charge in [0, 0.05) is 7.05 Å². The van der Waals surface area contributed by atoms with Crippen molar-refractivity contribution in [1.82, 2.24) is 20.1 Å². The Bertz CT molecular complexity index is 365. The van der Waals surface area contributed by atoms with Gasteiger partial charge in [0.2, 0.25) is 5.78 Å². The molecule has 1 saturated carbocycles. The van der Waals surface area contributed by atoms with Crippen molar-refractivity contribution < 1.29 is 4.79 Å². The van der Waals surface area contributed by atoms with Gasteiger partial charge in [-0.2, -0.15) is 5.10 Å². The summed E-state index contributed by atoms with van der Waals surface area (Å²) in [6.07, 6.45) is 5.42. The maximum Gasteiger partial charge on any atom is 0.219 e. The van der Waals surface area contributed by atoms with E-state index in [1.807, 2.05) is 7.05 Å². The molecular weight excluding hydrogens is 192 g/mol. The number of hydrogen-bond donors (Lipinski definition) is 1. The number of carbonyl (C=O) groups is 1. The van der Waals surface area contributed by atoms with E-state index in [9.17, 15) is 4.79 Å². The Morgan fingerprint density at radius 3 is 2.67 bits per heavy atom. The molecule has 0 aromatic carbocycles. The average molecular weight is 208 g/mol. The largest absolute Gasteiger partial charge is 0.308 e. The number of likely N-dealkylation sites (N-methyl/N-ethyl adjacent to an activating group) is 1. The summed E-state index contributed by atoms with van der Waals surface area (Å²) in [6, 6.07) is 0. The number of ketones is 1. The van der Waals surface area contributed by atoms with Gasteiger partial charge in [-0.1, -0.05) is 12.8 Å². The van der Waals surface area contributed by atoms with Crippen molar-refractivity contribution in [3.63, 3.8) is 0 Å². The molecule has 1 aliphatic carbocycles. The third-order valence-electron chi connectivity index (χ3n) is 3.28. The van der Waals surface area contributed by atoms with Gasteiger partial charge in [-0.25, -0.2) is 9.67 Å². The van der Waals surface area contributed by atoms with Gasteiger partial charge in [0.25, 0.3) is 0 Å². The highest BCUT2D eigenvalue weighted by Crippen LogP contribution is 2.31. The lowest BCUT2D eigenvalue weighted by molar-refractivity contribution is 0.0847. The third kappa shape index (κ3) is 1.56. The predicted octanol–water partition coefficient (Wildman–Crippen LogP) is 0.530. The van der Waals surface area contributed by atoms with Crippen LogP contribution in [0.15, 0.2) is 6.33 Å². The maximum atomic E-state index is 12.3.